The molecule has 0 heterocycles. The Morgan fingerprint density at radius 1 is 0.958 bits per heavy atom. The Morgan fingerprint density at radius 3 is 2.38 bits per heavy atom. The third kappa shape index (κ3) is 5.18. The summed E-state index contributed by atoms with van der Waals surface area (Å²) in [6.45, 7) is 0.740. The molecule has 24 heavy (non-hydrogen) atoms. The lowest BCUT2D eigenvalue weighted by molar-refractivity contribution is 0.0951. The third-order valence-corrected chi connectivity index (χ3v) is 3.22. The van der Waals surface area contributed by atoms with E-state index in [9.17, 15) is 9.59 Å². The number of benzene rings is 2. The molecule has 5 nitrogen and oxygen atoms in total. The smallest absolute Gasteiger partial charge is 0.407 e. The van der Waals surface area contributed by atoms with Gasteiger partial charge in [-0.1, -0.05) is 48.4 Å². The lowest BCUT2D eigenvalue weighted by atomic mass is 10.1. The summed E-state index contributed by atoms with van der Waals surface area (Å²) >= 11 is 0. The lowest BCUT2D eigenvalue weighted by Crippen LogP contribution is -2.35. The Balaban J connectivity index is 1.68. The standard InChI is InChI=1S/C19H18N2O3/c1-2-16-10-6-7-11-17(16)18(22)20-12-13-21-19(23)24-14-15-8-4-3-5-9-15/h1,3-11H,12-14H2,(H,20,22)(H,21,23). The predicted octanol–water partition coefficient (Wildman–Crippen LogP) is 2.32. The first-order chi connectivity index (χ1) is 11.7. The van der Waals surface area contributed by atoms with Crippen LogP contribution >= 0.6 is 0 Å². The van der Waals surface area contributed by atoms with E-state index in [1.807, 2.05) is 30.3 Å². The lowest BCUT2D eigenvalue weighted by Gasteiger charge is -2.09. The van der Waals surface area contributed by atoms with E-state index < -0.39 is 6.09 Å². The average molecular weight is 322 g/mol. The van der Waals surface area contributed by atoms with Crippen LogP contribution in [0.25, 0.3) is 0 Å². The van der Waals surface area contributed by atoms with Crippen LogP contribution in [-0.4, -0.2) is 25.1 Å². The molecule has 0 saturated carbocycles. The summed E-state index contributed by atoms with van der Waals surface area (Å²) in [6.07, 6.45) is 4.83. The highest BCUT2D eigenvalue weighted by molar-refractivity contribution is 5.96. The maximum Gasteiger partial charge on any atom is 0.407 e. The highest BCUT2D eigenvalue weighted by atomic mass is 16.5. The van der Waals surface area contributed by atoms with E-state index in [0.717, 1.165) is 5.56 Å². The average Bonchev–Trinajstić information content (AvgIpc) is 2.64. The highest BCUT2D eigenvalue weighted by Gasteiger charge is 2.09. The molecule has 0 bridgehead atoms. The summed E-state index contributed by atoms with van der Waals surface area (Å²) in [7, 11) is 0. The first-order valence-corrected chi connectivity index (χ1v) is 7.49. The number of hydrogen-bond acceptors (Lipinski definition) is 3. The number of ether oxygens (including phenoxy) is 1. The van der Waals surface area contributed by atoms with Gasteiger partial charge in [0, 0.05) is 18.7 Å². The molecule has 2 aromatic rings. The van der Waals surface area contributed by atoms with Gasteiger partial charge >= 0.3 is 6.09 Å². The fourth-order valence-electron chi connectivity index (χ4n) is 2.02. The van der Waals surface area contributed by atoms with Gasteiger partial charge in [-0.05, 0) is 17.7 Å². The van der Waals surface area contributed by atoms with Crippen LogP contribution in [0.15, 0.2) is 54.6 Å². The third-order valence-electron chi connectivity index (χ3n) is 3.22. The normalized spacial score (nSPS) is 9.62. The first kappa shape index (κ1) is 17.1. The molecule has 2 rings (SSSR count). The monoisotopic (exact) mass is 322 g/mol. The number of amides is 2. The Labute approximate surface area is 141 Å². The van der Waals surface area contributed by atoms with Gasteiger partial charge in [0.1, 0.15) is 6.61 Å². The van der Waals surface area contributed by atoms with Crippen molar-refractivity contribution in [1.29, 1.82) is 0 Å². The van der Waals surface area contributed by atoms with Crippen LogP contribution in [0.2, 0.25) is 0 Å². The molecule has 2 amide bonds. The van der Waals surface area contributed by atoms with Crippen molar-refractivity contribution >= 4 is 12.0 Å². The van der Waals surface area contributed by atoms with E-state index in [2.05, 4.69) is 16.6 Å². The molecule has 0 aliphatic heterocycles. The fraction of sp³-hybridized carbons (Fsp3) is 0.158. The first-order valence-electron chi connectivity index (χ1n) is 7.49. The molecule has 2 aromatic carbocycles. The summed E-state index contributed by atoms with van der Waals surface area (Å²) in [5, 5.41) is 5.27. The molecule has 0 atom stereocenters. The van der Waals surface area contributed by atoms with Gasteiger partial charge in [0.15, 0.2) is 0 Å². The van der Waals surface area contributed by atoms with Gasteiger partial charge in [-0.3, -0.25) is 4.79 Å². The van der Waals surface area contributed by atoms with E-state index >= 15 is 0 Å². The molecule has 122 valence electrons. The van der Waals surface area contributed by atoms with Gasteiger partial charge in [-0.2, -0.15) is 0 Å². The summed E-state index contributed by atoms with van der Waals surface area (Å²) < 4.78 is 5.07. The zero-order chi connectivity index (χ0) is 17.2. The summed E-state index contributed by atoms with van der Waals surface area (Å²) in [5.41, 5.74) is 1.88. The molecule has 0 saturated heterocycles. The van der Waals surface area contributed by atoms with Crippen molar-refractivity contribution in [3.63, 3.8) is 0 Å². The summed E-state index contributed by atoms with van der Waals surface area (Å²) in [6, 6.07) is 16.3. The molecule has 0 aliphatic carbocycles. The van der Waals surface area contributed by atoms with Crippen molar-refractivity contribution < 1.29 is 14.3 Å². The van der Waals surface area contributed by atoms with E-state index in [1.54, 1.807) is 24.3 Å². The van der Waals surface area contributed by atoms with Crippen LogP contribution in [0.5, 0.6) is 0 Å². The van der Waals surface area contributed by atoms with Gasteiger partial charge in [-0.25, -0.2) is 4.79 Å². The van der Waals surface area contributed by atoms with Crippen LogP contribution in [-0.2, 0) is 11.3 Å². The molecule has 0 fully saturated rings. The number of nitrogens with one attached hydrogen (secondary N) is 2. The van der Waals surface area contributed by atoms with Gasteiger partial charge < -0.3 is 15.4 Å². The number of carbonyl (C=O) groups excluding carboxylic acids is 2. The van der Waals surface area contributed by atoms with E-state index in [0.29, 0.717) is 11.1 Å². The van der Waals surface area contributed by atoms with Crippen LogP contribution in [0.4, 0.5) is 4.79 Å². The minimum absolute atomic E-state index is 0.203. The van der Waals surface area contributed by atoms with E-state index in [1.165, 1.54) is 0 Å². The largest absolute Gasteiger partial charge is 0.445 e. The van der Waals surface area contributed by atoms with E-state index in [-0.39, 0.29) is 25.6 Å². The predicted molar refractivity (Wildman–Crippen MR) is 91.3 cm³/mol. The van der Waals surface area contributed by atoms with Crippen molar-refractivity contribution in [3.05, 3.63) is 71.3 Å². The summed E-state index contributed by atoms with van der Waals surface area (Å²) in [5.74, 6) is 2.19. The topological polar surface area (TPSA) is 67.4 Å². The Hall–Kier alpha value is -3.26. The zero-order valence-electron chi connectivity index (χ0n) is 13.1. The van der Waals surface area contributed by atoms with Crippen molar-refractivity contribution in [2.24, 2.45) is 0 Å². The van der Waals surface area contributed by atoms with Crippen LogP contribution in [0.1, 0.15) is 21.5 Å². The Kier molecular flexibility index (Phi) is 6.42. The minimum Gasteiger partial charge on any atom is -0.445 e. The molecule has 0 aromatic heterocycles. The SMILES string of the molecule is C#Cc1ccccc1C(=O)NCCNC(=O)OCc1ccccc1. The van der Waals surface area contributed by atoms with Crippen LogP contribution in [0.3, 0.4) is 0 Å². The number of carbonyl (C=O) groups is 2. The van der Waals surface area contributed by atoms with Crippen molar-refractivity contribution in [1.82, 2.24) is 10.6 Å². The maximum atomic E-state index is 12.0. The van der Waals surface area contributed by atoms with Crippen molar-refractivity contribution in [2.45, 2.75) is 6.61 Å². The number of terminal acetylenes is 1. The zero-order valence-corrected chi connectivity index (χ0v) is 13.1. The molecule has 0 aliphatic rings. The molecular weight excluding hydrogens is 304 g/mol. The van der Waals surface area contributed by atoms with Crippen LogP contribution < -0.4 is 10.6 Å². The minimum atomic E-state index is -0.530. The van der Waals surface area contributed by atoms with Gasteiger partial charge in [-0.15, -0.1) is 6.42 Å². The number of hydrogen-bond donors (Lipinski definition) is 2. The van der Waals surface area contributed by atoms with Crippen molar-refractivity contribution in [3.8, 4) is 12.3 Å². The molecule has 0 spiro atoms. The van der Waals surface area contributed by atoms with E-state index in [4.69, 9.17) is 11.2 Å². The summed E-state index contributed by atoms with van der Waals surface area (Å²) in [4.78, 5) is 23.6. The number of alkyl carbamates (subject to hydrolysis) is 1. The molecule has 5 heteroatoms. The maximum absolute atomic E-state index is 12.0. The highest BCUT2D eigenvalue weighted by Crippen LogP contribution is 2.06. The van der Waals surface area contributed by atoms with Crippen molar-refractivity contribution in [2.75, 3.05) is 13.1 Å². The second-order valence-corrected chi connectivity index (χ2v) is 4.93. The molecule has 0 radical (unpaired) electrons. The Morgan fingerprint density at radius 2 is 1.62 bits per heavy atom. The van der Waals surface area contributed by atoms with Crippen LogP contribution in [0, 0.1) is 12.3 Å². The quantitative estimate of drug-likeness (QED) is 0.633. The molecular formula is C19H18N2O3. The second kappa shape index (κ2) is 9.01. The van der Waals surface area contributed by atoms with Gasteiger partial charge in [0.2, 0.25) is 0 Å². The van der Waals surface area contributed by atoms with Gasteiger partial charge in [0.05, 0.1) is 5.56 Å². The van der Waals surface area contributed by atoms with Gasteiger partial charge in [0.25, 0.3) is 5.91 Å². The molecule has 0 unspecified atom stereocenters. The fourth-order valence-corrected chi connectivity index (χ4v) is 2.02. The molecule has 2 N–H and O–H groups in total. The second-order valence-electron chi connectivity index (χ2n) is 4.93. The number of rotatable bonds is 6. The Bertz CT molecular complexity index is 736.